The number of rotatable bonds is 5. The van der Waals surface area contributed by atoms with Gasteiger partial charge in [-0.15, -0.1) is 11.6 Å². The second kappa shape index (κ2) is 6.37. The molecule has 0 aromatic carbocycles. The topological polar surface area (TPSA) is 26.0 Å². The van der Waals surface area contributed by atoms with Crippen LogP contribution in [0.25, 0.3) is 0 Å². The van der Waals surface area contributed by atoms with Crippen LogP contribution in [0.2, 0.25) is 0 Å². The third-order valence-electron chi connectivity index (χ3n) is 1.38. The molecule has 0 aliphatic heterocycles. The molecule has 0 heterocycles. The Morgan fingerprint density at radius 3 is 2.56 bits per heavy atom. The molecule has 0 aliphatic carbocycles. The molecule has 0 aliphatic rings. The van der Waals surface area contributed by atoms with Gasteiger partial charge in [-0.25, -0.2) is 0 Å². The molecule has 56 valence electrons. The molecule has 0 saturated carbocycles. The zero-order chi connectivity index (χ0) is 7.11. The summed E-state index contributed by atoms with van der Waals surface area (Å²) < 4.78 is 0. The lowest BCUT2D eigenvalue weighted by Crippen LogP contribution is -2.13. The molecule has 2 heteroatoms. The molecule has 0 fully saturated rings. The number of alkyl halides is 1. The van der Waals surface area contributed by atoms with E-state index in [-0.39, 0.29) is 5.38 Å². The largest absolute Gasteiger partial charge is 0.329 e. The number of unbranched alkanes of at least 4 members (excludes halogenated alkanes) is 2. The Bertz CT molecular complexity index is 56.9. The van der Waals surface area contributed by atoms with Gasteiger partial charge in [0.2, 0.25) is 0 Å². The summed E-state index contributed by atoms with van der Waals surface area (Å²) in [6.45, 7) is 2.80. The van der Waals surface area contributed by atoms with Crippen LogP contribution in [0.4, 0.5) is 0 Å². The molecular formula is C7H16ClN. The van der Waals surface area contributed by atoms with Gasteiger partial charge in [0.05, 0.1) is 0 Å². The van der Waals surface area contributed by atoms with Crippen LogP contribution in [-0.4, -0.2) is 11.9 Å². The van der Waals surface area contributed by atoms with Crippen molar-refractivity contribution in [3.63, 3.8) is 0 Å². The van der Waals surface area contributed by atoms with E-state index >= 15 is 0 Å². The second-order valence-electron chi connectivity index (χ2n) is 2.33. The fraction of sp³-hybridized carbons (Fsp3) is 1.00. The molecule has 1 unspecified atom stereocenters. The Balaban J connectivity index is 2.88. The summed E-state index contributed by atoms with van der Waals surface area (Å²) in [5.74, 6) is 0. The van der Waals surface area contributed by atoms with E-state index in [0.717, 1.165) is 6.42 Å². The van der Waals surface area contributed by atoms with E-state index in [1.54, 1.807) is 0 Å². The van der Waals surface area contributed by atoms with Crippen molar-refractivity contribution in [2.45, 2.75) is 38.0 Å². The predicted octanol–water partition coefficient (Wildman–Crippen LogP) is 2.13. The summed E-state index contributed by atoms with van der Waals surface area (Å²) in [5, 5.41) is 0.205. The molecule has 0 saturated heterocycles. The molecule has 0 spiro atoms. The fourth-order valence-corrected chi connectivity index (χ4v) is 0.888. The number of halogens is 1. The molecule has 2 N–H and O–H groups in total. The van der Waals surface area contributed by atoms with Crippen LogP contribution in [0.1, 0.15) is 32.6 Å². The summed E-state index contributed by atoms with van der Waals surface area (Å²) in [4.78, 5) is 0. The normalized spacial score (nSPS) is 13.7. The van der Waals surface area contributed by atoms with Gasteiger partial charge in [-0.05, 0) is 6.42 Å². The average Bonchev–Trinajstić information content (AvgIpc) is 1.89. The standard InChI is InChI=1S/C7H16ClN/c1-2-3-4-5-7(8)6-9/h7H,2-6,9H2,1H3. The molecule has 1 nitrogen and oxygen atoms in total. The van der Waals surface area contributed by atoms with Crippen LogP contribution >= 0.6 is 11.6 Å². The van der Waals surface area contributed by atoms with Crippen LogP contribution in [0.3, 0.4) is 0 Å². The zero-order valence-corrected chi connectivity index (χ0v) is 6.82. The molecule has 0 rings (SSSR count). The zero-order valence-electron chi connectivity index (χ0n) is 6.07. The van der Waals surface area contributed by atoms with Crippen molar-refractivity contribution in [1.29, 1.82) is 0 Å². The molecule has 9 heavy (non-hydrogen) atoms. The fourth-order valence-electron chi connectivity index (χ4n) is 0.734. The van der Waals surface area contributed by atoms with E-state index in [0.29, 0.717) is 6.54 Å². The maximum Gasteiger partial charge on any atom is 0.0458 e. The summed E-state index contributed by atoms with van der Waals surface area (Å²) in [6, 6.07) is 0. The molecule has 0 radical (unpaired) electrons. The third kappa shape index (κ3) is 6.13. The maximum atomic E-state index is 5.78. The van der Waals surface area contributed by atoms with Crippen LogP contribution in [-0.2, 0) is 0 Å². The molecule has 1 atom stereocenters. The monoisotopic (exact) mass is 149 g/mol. The Morgan fingerprint density at radius 2 is 2.11 bits per heavy atom. The predicted molar refractivity (Wildman–Crippen MR) is 42.8 cm³/mol. The van der Waals surface area contributed by atoms with Crippen molar-refractivity contribution in [3.05, 3.63) is 0 Å². The summed E-state index contributed by atoms with van der Waals surface area (Å²) >= 11 is 5.78. The second-order valence-corrected chi connectivity index (χ2v) is 2.95. The summed E-state index contributed by atoms with van der Waals surface area (Å²) in [6.07, 6.45) is 4.84. The highest BCUT2D eigenvalue weighted by molar-refractivity contribution is 6.20. The minimum atomic E-state index is 0.205. The van der Waals surface area contributed by atoms with E-state index in [4.69, 9.17) is 17.3 Å². The number of hydrogen-bond acceptors (Lipinski definition) is 1. The van der Waals surface area contributed by atoms with Gasteiger partial charge in [0.1, 0.15) is 0 Å². The Morgan fingerprint density at radius 1 is 1.44 bits per heavy atom. The lowest BCUT2D eigenvalue weighted by molar-refractivity contribution is 0.643. The quantitative estimate of drug-likeness (QED) is 0.471. The Labute approximate surface area is 62.6 Å². The highest BCUT2D eigenvalue weighted by Gasteiger charge is 1.98. The molecule has 0 aromatic rings. The first kappa shape index (κ1) is 9.25. The lowest BCUT2D eigenvalue weighted by atomic mass is 10.1. The van der Waals surface area contributed by atoms with E-state index in [9.17, 15) is 0 Å². The van der Waals surface area contributed by atoms with Crippen molar-refractivity contribution in [1.82, 2.24) is 0 Å². The van der Waals surface area contributed by atoms with Crippen LogP contribution in [0.5, 0.6) is 0 Å². The van der Waals surface area contributed by atoms with Gasteiger partial charge in [0, 0.05) is 11.9 Å². The average molecular weight is 150 g/mol. The first-order valence-corrected chi connectivity index (χ1v) is 4.09. The van der Waals surface area contributed by atoms with Gasteiger partial charge in [-0.2, -0.15) is 0 Å². The lowest BCUT2D eigenvalue weighted by Gasteiger charge is -2.03. The minimum absolute atomic E-state index is 0.205. The van der Waals surface area contributed by atoms with Crippen molar-refractivity contribution in [2.75, 3.05) is 6.54 Å². The van der Waals surface area contributed by atoms with Crippen molar-refractivity contribution < 1.29 is 0 Å². The van der Waals surface area contributed by atoms with Gasteiger partial charge < -0.3 is 5.73 Å². The van der Waals surface area contributed by atoms with E-state index in [1.807, 2.05) is 0 Å². The summed E-state index contributed by atoms with van der Waals surface area (Å²) in [7, 11) is 0. The van der Waals surface area contributed by atoms with Crippen LogP contribution in [0.15, 0.2) is 0 Å². The maximum absolute atomic E-state index is 5.78. The SMILES string of the molecule is CCCCCC(Cl)CN. The highest BCUT2D eigenvalue weighted by Crippen LogP contribution is 2.06. The first-order valence-electron chi connectivity index (χ1n) is 3.65. The van der Waals surface area contributed by atoms with Crippen molar-refractivity contribution in [3.8, 4) is 0 Å². The minimum Gasteiger partial charge on any atom is -0.329 e. The van der Waals surface area contributed by atoms with Gasteiger partial charge in [-0.1, -0.05) is 26.2 Å². The van der Waals surface area contributed by atoms with Gasteiger partial charge >= 0.3 is 0 Å². The van der Waals surface area contributed by atoms with Gasteiger partial charge in [-0.3, -0.25) is 0 Å². The first-order chi connectivity index (χ1) is 4.31. The van der Waals surface area contributed by atoms with Gasteiger partial charge in [0.25, 0.3) is 0 Å². The molecule has 0 bridgehead atoms. The third-order valence-corrected chi connectivity index (χ3v) is 1.77. The van der Waals surface area contributed by atoms with Crippen molar-refractivity contribution in [2.24, 2.45) is 5.73 Å². The van der Waals surface area contributed by atoms with Crippen molar-refractivity contribution >= 4 is 11.6 Å². The van der Waals surface area contributed by atoms with Crippen LogP contribution < -0.4 is 5.73 Å². The molecule has 0 aromatic heterocycles. The summed E-state index contributed by atoms with van der Waals surface area (Å²) in [5.41, 5.74) is 5.32. The highest BCUT2D eigenvalue weighted by atomic mass is 35.5. The number of hydrogen-bond donors (Lipinski definition) is 1. The van der Waals surface area contributed by atoms with E-state index in [1.165, 1.54) is 19.3 Å². The van der Waals surface area contributed by atoms with Gasteiger partial charge in [0.15, 0.2) is 0 Å². The Kier molecular flexibility index (Phi) is 6.55. The van der Waals surface area contributed by atoms with E-state index in [2.05, 4.69) is 6.92 Å². The molecular weight excluding hydrogens is 134 g/mol. The van der Waals surface area contributed by atoms with E-state index < -0.39 is 0 Å². The number of nitrogens with two attached hydrogens (primary N) is 1. The smallest absolute Gasteiger partial charge is 0.0458 e. The van der Waals surface area contributed by atoms with Crippen LogP contribution in [0, 0.1) is 0 Å². The molecule has 0 amide bonds. The Hall–Kier alpha value is 0.250.